The van der Waals surface area contributed by atoms with Gasteiger partial charge in [-0.1, -0.05) is 25.7 Å². The summed E-state index contributed by atoms with van der Waals surface area (Å²) in [5.74, 6) is 0.339. The smallest absolute Gasteiger partial charge is 0.226 e. The first-order chi connectivity index (χ1) is 11.0. The maximum absolute atomic E-state index is 13.2. The Morgan fingerprint density at radius 1 is 0.870 bits per heavy atom. The summed E-state index contributed by atoms with van der Waals surface area (Å²) in [6, 6.07) is 0.886. The molecule has 2 aliphatic carbocycles. The van der Waals surface area contributed by atoms with E-state index in [0.717, 1.165) is 25.7 Å². The van der Waals surface area contributed by atoms with Gasteiger partial charge in [0.05, 0.1) is 6.26 Å². The highest BCUT2D eigenvalue weighted by Crippen LogP contribution is 2.34. The normalized spacial score (nSPS) is 26.0. The van der Waals surface area contributed by atoms with E-state index in [4.69, 9.17) is 0 Å². The van der Waals surface area contributed by atoms with Crippen LogP contribution in [-0.2, 0) is 14.8 Å². The molecule has 1 heterocycles. The second-order valence-corrected chi connectivity index (χ2v) is 9.54. The maximum Gasteiger partial charge on any atom is 0.226 e. The first-order valence-corrected chi connectivity index (χ1v) is 11.1. The summed E-state index contributed by atoms with van der Waals surface area (Å²) >= 11 is 0. The average molecular weight is 343 g/mol. The Morgan fingerprint density at radius 3 is 1.70 bits per heavy atom. The van der Waals surface area contributed by atoms with Crippen LogP contribution in [0.25, 0.3) is 0 Å². The lowest BCUT2D eigenvalue weighted by Crippen LogP contribution is -2.50. The molecule has 3 aliphatic rings. The van der Waals surface area contributed by atoms with Crippen LogP contribution in [0.3, 0.4) is 0 Å². The molecule has 3 rings (SSSR count). The first-order valence-electron chi connectivity index (χ1n) is 9.24. The van der Waals surface area contributed by atoms with E-state index in [9.17, 15) is 13.2 Å². The summed E-state index contributed by atoms with van der Waals surface area (Å²) in [6.07, 6.45) is 12.2. The van der Waals surface area contributed by atoms with Gasteiger partial charge in [0.2, 0.25) is 15.9 Å². The van der Waals surface area contributed by atoms with E-state index in [1.54, 1.807) is 0 Å². The molecule has 1 saturated heterocycles. The van der Waals surface area contributed by atoms with Crippen LogP contribution in [-0.4, -0.2) is 55.0 Å². The van der Waals surface area contributed by atoms with Gasteiger partial charge in [0, 0.05) is 31.1 Å². The van der Waals surface area contributed by atoms with Gasteiger partial charge < -0.3 is 4.90 Å². The van der Waals surface area contributed by atoms with Crippen molar-refractivity contribution in [3.63, 3.8) is 0 Å². The lowest BCUT2D eigenvalue weighted by molar-refractivity contribution is -0.141. The molecule has 1 aliphatic heterocycles. The summed E-state index contributed by atoms with van der Waals surface area (Å²) < 4.78 is 24.8. The summed E-state index contributed by atoms with van der Waals surface area (Å²) in [6.45, 7) is 0.997. The standard InChI is InChI=1S/C17H30N2O3S/c1-23(21,22)18-12-10-14(11-13-18)17(20)19(15-6-2-3-7-15)16-8-4-5-9-16/h14-16H,2-13H2,1H3. The van der Waals surface area contributed by atoms with E-state index >= 15 is 0 Å². The predicted octanol–water partition coefficient (Wildman–Crippen LogP) is 2.37. The Balaban J connectivity index is 1.66. The molecule has 0 bridgehead atoms. The third kappa shape index (κ3) is 3.90. The largest absolute Gasteiger partial charge is 0.336 e. The van der Waals surface area contributed by atoms with Gasteiger partial charge in [-0.2, -0.15) is 0 Å². The zero-order valence-electron chi connectivity index (χ0n) is 14.2. The molecule has 0 aromatic carbocycles. The molecule has 6 heteroatoms. The second kappa shape index (κ2) is 7.09. The van der Waals surface area contributed by atoms with Crippen LogP contribution in [0.5, 0.6) is 0 Å². The van der Waals surface area contributed by atoms with Crippen LogP contribution in [0, 0.1) is 5.92 Å². The molecule has 0 radical (unpaired) electrons. The van der Waals surface area contributed by atoms with Crippen LogP contribution < -0.4 is 0 Å². The lowest BCUT2D eigenvalue weighted by atomic mass is 9.94. The Morgan fingerprint density at radius 2 is 1.30 bits per heavy atom. The van der Waals surface area contributed by atoms with Crippen molar-refractivity contribution >= 4 is 15.9 Å². The van der Waals surface area contributed by atoms with Crippen molar-refractivity contribution in [1.82, 2.24) is 9.21 Å². The minimum Gasteiger partial charge on any atom is -0.336 e. The van der Waals surface area contributed by atoms with Crippen LogP contribution >= 0.6 is 0 Å². The van der Waals surface area contributed by atoms with Crippen molar-refractivity contribution in [2.75, 3.05) is 19.3 Å². The summed E-state index contributed by atoms with van der Waals surface area (Å²) in [7, 11) is -3.12. The van der Waals surface area contributed by atoms with Crippen molar-refractivity contribution in [2.45, 2.75) is 76.3 Å². The number of amides is 1. The highest BCUT2D eigenvalue weighted by atomic mass is 32.2. The minimum atomic E-state index is -3.12. The van der Waals surface area contributed by atoms with Crippen molar-refractivity contribution in [1.29, 1.82) is 0 Å². The molecular formula is C17H30N2O3S. The van der Waals surface area contributed by atoms with Crippen molar-refractivity contribution in [3.8, 4) is 0 Å². The number of sulfonamides is 1. The number of nitrogens with zero attached hydrogens (tertiary/aromatic N) is 2. The van der Waals surface area contributed by atoms with Gasteiger partial charge >= 0.3 is 0 Å². The zero-order valence-corrected chi connectivity index (χ0v) is 15.1. The number of hydrogen-bond donors (Lipinski definition) is 0. The van der Waals surface area contributed by atoms with Crippen LogP contribution in [0.4, 0.5) is 0 Å². The van der Waals surface area contributed by atoms with E-state index in [2.05, 4.69) is 4.90 Å². The second-order valence-electron chi connectivity index (χ2n) is 7.56. The molecule has 0 spiro atoms. The number of hydrogen-bond acceptors (Lipinski definition) is 3. The van der Waals surface area contributed by atoms with Crippen LogP contribution in [0.1, 0.15) is 64.2 Å². The molecule has 3 fully saturated rings. The number of piperidine rings is 1. The van der Waals surface area contributed by atoms with E-state index < -0.39 is 10.0 Å². The third-order valence-electron chi connectivity index (χ3n) is 5.96. The molecule has 0 aromatic heterocycles. The number of carbonyl (C=O) groups is 1. The van der Waals surface area contributed by atoms with Gasteiger partial charge in [-0.25, -0.2) is 12.7 Å². The summed E-state index contributed by atoms with van der Waals surface area (Å²) in [4.78, 5) is 15.4. The molecule has 0 N–H and O–H groups in total. The van der Waals surface area contributed by atoms with Gasteiger partial charge in [0.15, 0.2) is 0 Å². The minimum absolute atomic E-state index is 0.0224. The average Bonchev–Trinajstić information content (AvgIpc) is 3.20. The van der Waals surface area contributed by atoms with Gasteiger partial charge in [0.25, 0.3) is 0 Å². The predicted molar refractivity (Wildman–Crippen MR) is 90.5 cm³/mol. The fraction of sp³-hybridized carbons (Fsp3) is 0.941. The topological polar surface area (TPSA) is 57.7 Å². The maximum atomic E-state index is 13.2. The first kappa shape index (κ1) is 17.2. The van der Waals surface area contributed by atoms with Crippen molar-refractivity contribution in [3.05, 3.63) is 0 Å². The van der Waals surface area contributed by atoms with Gasteiger partial charge in [-0.3, -0.25) is 4.79 Å². The molecule has 0 atom stereocenters. The van der Waals surface area contributed by atoms with Crippen molar-refractivity contribution in [2.24, 2.45) is 5.92 Å². The van der Waals surface area contributed by atoms with Gasteiger partial charge in [0.1, 0.15) is 0 Å². The summed E-state index contributed by atoms with van der Waals surface area (Å²) in [5, 5.41) is 0. The number of carbonyl (C=O) groups excluding carboxylic acids is 1. The zero-order chi connectivity index (χ0) is 16.4. The monoisotopic (exact) mass is 342 g/mol. The van der Waals surface area contributed by atoms with E-state index in [-0.39, 0.29) is 5.92 Å². The Bertz CT molecular complexity index is 498. The molecule has 1 amide bonds. The quantitative estimate of drug-likeness (QED) is 0.788. The molecule has 2 saturated carbocycles. The van der Waals surface area contributed by atoms with Crippen molar-refractivity contribution < 1.29 is 13.2 Å². The molecule has 23 heavy (non-hydrogen) atoms. The Hall–Kier alpha value is -0.620. The third-order valence-corrected chi connectivity index (χ3v) is 7.27. The SMILES string of the molecule is CS(=O)(=O)N1CCC(C(=O)N(C2CCCC2)C2CCCC2)CC1. The molecule has 132 valence electrons. The molecule has 0 aromatic rings. The Labute approximate surface area is 140 Å². The van der Waals surface area contributed by atoms with Crippen LogP contribution in [0.2, 0.25) is 0 Å². The molecule has 0 unspecified atom stereocenters. The fourth-order valence-electron chi connectivity index (χ4n) is 4.67. The summed E-state index contributed by atoms with van der Waals surface area (Å²) in [5.41, 5.74) is 0. The number of rotatable bonds is 4. The van der Waals surface area contributed by atoms with E-state index in [1.807, 2.05) is 0 Å². The Kier molecular flexibility index (Phi) is 5.31. The van der Waals surface area contributed by atoms with Gasteiger partial charge in [-0.15, -0.1) is 0 Å². The highest BCUT2D eigenvalue weighted by molar-refractivity contribution is 7.88. The van der Waals surface area contributed by atoms with E-state index in [1.165, 1.54) is 36.2 Å². The molecule has 5 nitrogen and oxygen atoms in total. The van der Waals surface area contributed by atoms with E-state index in [0.29, 0.717) is 43.9 Å². The van der Waals surface area contributed by atoms with Gasteiger partial charge in [-0.05, 0) is 38.5 Å². The lowest BCUT2D eigenvalue weighted by Gasteiger charge is -2.39. The van der Waals surface area contributed by atoms with Crippen LogP contribution in [0.15, 0.2) is 0 Å². The molecular weight excluding hydrogens is 312 g/mol. The highest BCUT2D eigenvalue weighted by Gasteiger charge is 2.38. The fourth-order valence-corrected chi connectivity index (χ4v) is 5.54.